The summed E-state index contributed by atoms with van der Waals surface area (Å²) < 4.78 is 41.9. The van der Waals surface area contributed by atoms with Crippen molar-refractivity contribution in [2.45, 2.75) is 168 Å². The van der Waals surface area contributed by atoms with Crippen molar-refractivity contribution in [3.63, 3.8) is 0 Å². The topological polar surface area (TPSA) is 159 Å². The molecule has 2 fully saturated rings. The summed E-state index contributed by atoms with van der Waals surface area (Å²) in [6, 6.07) is 16.3. The molecule has 2 aliphatic carbocycles. The number of ether oxygens (including phenoxy) is 4. The molecule has 0 unspecified atom stereocenters. The second kappa shape index (κ2) is 22.9. The van der Waals surface area contributed by atoms with Gasteiger partial charge < -0.3 is 47.5 Å². The molecule has 0 spiro atoms. The van der Waals surface area contributed by atoms with Crippen LogP contribution in [0.1, 0.15) is 106 Å². The lowest BCUT2D eigenvalue weighted by atomic mass is 9.95. The molecule has 4 aromatic rings. The minimum absolute atomic E-state index is 0.0613. The number of aliphatic hydroxyl groups excluding tert-OH is 3. The third kappa shape index (κ3) is 15.2. The minimum atomic E-state index is -1.87. The average Bonchev–Trinajstić information content (AvgIpc) is 3.80. The summed E-state index contributed by atoms with van der Waals surface area (Å²) in [7, 11) is -1.87. The van der Waals surface area contributed by atoms with Crippen molar-refractivity contribution in [1.29, 1.82) is 0 Å². The van der Waals surface area contributed by atoms with Gasteiger partial charge in [0.15, 0.2) is 8.32 Å². The van der Waals surface area contributed by atoms with Gasteiger partial charge in [-0.2, -0.15) is 0 Å². The molecule has 0 amide bonds. The van der Waals surface area contributed by atoms with E-state index in [1.54, 1.807) is 0 Å². The molecule has 338 valence electrons. The summed E-state index contributed by atoms with van der Waals surface area (Å²) in [5, 5.41) is 28.8. The summed E-state index contributed by atoms with van der Waals surface area (Å²) in [6.45, 7) is 20.3. The first-order valence-electron chi connectivity index (χ1n) is 22.1. The van der Waals surface area contributed by atoms with E-state index < -0.39 is 20.5 Å². The van der Waals surface area contributed by atoms with Crippen molar-refractivity contribution in [2.75, 3.05) is 26.4 Å². The molecule has 0 aliphatic heterocycles. The summed E-state index contributed by atoms with van der Waals surface area (Å²) in [4.78, 5) is 9.29. The van der Waals surface area contributed by atoms with Gasteiger partial charge in [-0.05, 0) is 121 Å². The Labute approximate surface area is 364 Å². The molecule has 2 aromatic heterocycles. The van der Waals surface area contributed by atoms with Crippen molar-refractivity contribution in [3.8, 4) is 22.9 Å². The van der Waals surface area contributed by atoms with Crippen LogP contribution in [0.2, 0.25) is 18.1 Å². The zero-order valence-electron chi connectivity index (χ0n) is 38.1. The van der Waals surface area contributed by atoms with E-state index in [4.69, 9.17) is 37.3 Å². The van der Waals surface area contributed by atoms with E-state index >= 15 is 0 Å². The largest absolute Gasteiger partial charge is 0.441 e. The fourth-order valence-electron chi connectivity index (χ4n) is 7.25. The van der Waals surface area contributed by atoms with Crippen LogP contribution in [0.3, 0.4) is 0 Å². The molecular formula is C48H72N2O10Si. The standard InChI is InChI=1S/C27H43NO5Si.C21H29NO5/c1-19-10-8-11-21(14-19)26-28-25(20(2)33-26)18-31-24-13-9-12-23(15-24)30-16-22(29)17-32-34(6,7)27(3,4)5;1-14-5-3-6-16(9-14)21-22-20(15(2)27-21)13-26-19-8-4-7-18(10-19)25-12-17(24)11-23/h8,10-11,14,22-24,29H,9,12-13,15-18H2,1-7H3;3,5-6,9,17-19,23-24H,4,7-8,10-13H2,1-2H3/t22-,23+,24-;17-,18-,19+/m01/s1. The van der Waals surface area contributed by atoms with Gasteiger partial charge in [0.25, 0.3) is 0 Å². The fourth-order valence-corrected chi connectivity index (χ4v) is 8.29. The zero-order valence-corrected chi connectivity index (χ0v) is 39.1. The number of rotatable bonds is 18. The van der Waals surface area contributed by atoms with Crippen molar-refractivity contribution in [2.24, 2.45) is 0 Å². The summed E-state index contributed by atoms with van der Waals surface area (Å²) in [5.41, 5.74) is 5.97. The van der Waals surface area contributed by atoms with Gasteiger partial charge in [0.1, 0.15) is 29.0 Å². The van der Waals surface area contributed by atoms with E-state index in [2.05, 4.69) is 69.0 Å². The van der Waals surface area contributed by atoms with Crippen LogP contribution in [-0.4, -0.2) is 96.7 Å². The lowest BCUT2D eigenvalue weighted by Gasteiger charge is -2.37. The second-order valence-electron chi connectivity index (χ2n) is 18.5. The molecule has 2 aromatic carbocycles. The average molecular weight is 865 g/mol. The molecular weight excluding hydrogens is 793 g/mol. The number of oxazole rings is 2. The van der Waals surface area contributed by atoms with Crippen LogP contribution in [0, 0.1) is 27.7 Å². The van der Waals surface area contributed by atoms with Crippen LogP contribution in [0.25, 0.3) is 22.9 Å². The normalized spacial score (nSPS) is 20.9. The van der Waals surface area contributed by atoms with Gasteiger partial charge in [0.05, 0.1) is 70.2 Å². The first-order chi connectivity index (χ1) is 29.0. The zero-order chi connectivity index (χ0) is 44.2. The van der Waals surface area contributed by atoms with Crippen LogP contribution >= 0.6 is 0 Å². The Morgan fingerprint density at radius 1 is 0.656 bits per heavy atom. The molecule has 2 heterocycles. The highest BCUT2D eigenvalue weighted by Crippen LogP contribution is 2.37. The van der Waals surface area contributed by atoms with Crippen LogP contribution < -0.4 is 0 Å². The first-order valence-corrected chi connectivity index (χ1v) is 25.0. The molecule has 2 aliphatic rings. The predicted molar refractivity (Wildman–Crippen MR) is 239 cm³/mol. The predicted octanol–water partition coefficient (Wildman–Crippen LogP) is 9.34. The highest BCUT2D eigenvalue weighted by atomic mass is 28.4. The van der Waals surface area contributed by atoms with Crippen LogP contribution in [-0.2, 0) is 36.6 Å². The molecule has 13 heteroatoms. The van der Waals surface area contributed by atoms with Crippen molar-refractivity contribution in [1.82, 2.24) is 9.97 Å². The summed E-state index contributed by atoms with van der Waals surface area (Å²) in [5.74, 6) is 2.84. The Hall–Kier alpha value is -3.24. The van der Waals surface area contributed by atoms with Crippen LogP contribution in [0.4, 0.5) is 0 Å². The highest BCUT2D eigenvalue weighted by molar-refractivity contribution is 6.74. The number of aromatic nitrogens is 2. The Morgan fingerprint density at radius 3 is 1.49 bits per heavy atom. The van der Waals surface area contributed by atoms with E-state index in [1.807, 2.05) is 51.1 Å². The number of benzene rings is 2. The molecule has 61 heavy (non-hydrogen) atoms. The van der Waals surface area contributed by atoms with E-state index in [0.29, 0.717) is 38.2 Å². The Kier molecular flexibility index (Phi) is 18.3. The number of hydrogen-bond acceptors (Lipinski definition) is 12. The third-order valence-electron chi connectivity index (χ3n) is 12.1. The lowest BCUT2D eigenvalue weighted by Crippen LogP contribution is -2.43. The fraction of sp³-hybridized carbons (Fsp3) is 0.625. The van der Waals surface area contributed by atoms with Gasteiger partial charge in [-0.25, -0.2) is 9.97 Å². The third-order valence-corrected chi connectivity index (χ3v) is 16.6. The van der Waals surface area contributed by atoms with E-state index in [1.165, 1.54) is 11.1 Å². The SMILES string of the molecule is Cc1cccc(-c2nc(CO[C@H]3CCC[C@@H](OC[C@H](O)CO)C3)c(C)o2)c1.Cc1cccc(-c2nc(CO[C@H]3CCC[C@@H](OC[C@H](O)CO[Si](C)(C)C(C)(C)C)C3)c(C)o2)c1. The number of aryl methyl sites for hydroxylation is 4. The van der Waals surface area contributed by atoms with Gasteiger partial charge >= 0.3 is 0 Å². The molecule has 0 saturated heterocycles. The van der Waals surface area contributed by atoms with Crippen molar-refractivity contribution in [3.05, 3.63) is 82.6 Å². The number of aliphatic hydroxyl groups is 3. The quantitative estimate of drug-likeness (QED) is 0.0816. The smallest absolute Gasteiger partial charge is 0.226 e. The van der Waals surface area contributed by atoms with Gasteiger partial charge in [0, 0.05) is 11.1 Å². The van der Waals surface area contributed by atoms with Crippen LogP contribution in [0.5, 0.6) is 0 Å². The maximum Gasteiger partial charge on any atom is 0.226 e. The van der Waals surface area contributed by atoms with E-state index in [-0.39, 0.29) is 42.7 Å². The second-order valence-corrected chi connectivity index (χ2v) is 23.3. The molecule has 6 rings (SSSR count). The van der Waals surface area contributed by atoms with Gasteiger partial charge in [-0.1, -0.05) is 56.2 Å². The Balaban J connectivity index is 0.000000237. The Bertz CT molecular complexity index is 1920. The van der Waals surface area contributed by atoms with Crippen molar-refractivity contribution < 1.29 is 47.5 Å². The molecule has 6 atom stereocenters. The molecule has 3 N–H and O–H groups in total. The number of nitrogens with zero attached hydrogens (tertiary/aromatic N) is 2. The Morgan fingerprint density at radius 2 is 1.08 bits per heavy atom. The summed E-state index contributed by atoms with van der Waals surface area (Å²) in [6.07, 6.45) is 6.63. The maximum absolute atomic E-state index is 10.4. The minimum Gasteiger partial charge on any atom is -0.441 e. The summed E-state index contributed by atoms with van der Waals surface area (Å²) >= 11 is 0. The molecule has 12 nitrogen and oxygen atoms in total. The molecule has 0 bridgehead atoms. The molecule has 2 saturated carbocycles. The van der Waals surface area contributed by atoms with E-state index in [0.717, 1.165) is 85.4 Å². The van der Waals surface area contributed by atoms with Gasteiger partial charge in [-0.15, -0.1) is 0 Å². The van der Waals surface area contributed by atoms with E-state index in [9.17, 15) is 10.2 Å². The lowest BCUT2D eigenvalue weighted by molar-refractivity contribution is -0.0764. The van der Waals surface area contributed by atoms with Crippen LogP contribution in [0.15, 0.2) is 57.4 Å². The maximum atomic E-state index is 10.4. The van der Waals surface area contributed by atoms with Crippen molar-refractivity contribution >= 4 is 8.32 Å². The molecule has 0 radical (unpaired) electrons. The highest BCUT2D eigenvalue weighted by Gasteiger charge is 2.37. The van der Waals surface area contributed by atoms with Gasteiger partial charge in [-0.3, -0.25) is 0 Å². The monoisotopic (exact) mass is 864 g/mol. The van der Waals surface area contributed by atoms with Gasteiger partial charge in [0.2, 0.25) is 11.8 Å². The first kappa shape index (κ1) is 48.8. The number of hydrogen-bond donors (Lipinski definition) is 3.